The van der Waals surface area contributed by atoms with Gasteiger partial charge in [-0.1, -0.05) is 0 Å². The second-order valence-electron chi connectivity index (χ2n) is 3.34. The zero-order valence-electron chi connectivity index (χ0n) is 7.30. The summed E-state index contributed by atoms with van der Waals surface area (Å²) in [5.74, 6) is -0.444. The Bertz CT molecular complexity index is 217. The molecule has 0 amide bonds. The number of carbonyl (C=O) groups is 1. The van der Waals surface area contributed by atoms with Crippen LogP contribution in [0.4, 0.5) is 0 Å². The van der Waals surface area contributed by atoms with Gasteiger partial charge in [0, 0.05) is 12.8 Å². The molecular formula is C8H12O5. The van der Waals surface area contributed by atoms with Crippen LogP contribution >= 0.6 is 0 Å². The van der Waals surface area contributed by atoms with Crippen molar-refractivity contribution in [3.8, 4) is 0 Å². The number of esters is 1. The van der Waals surface area contributed by atoms with E-state index in [9.17, 15) is 9.90 Å². The lowest BCUT2D eigenvalue weighted by Crippen LogP contribution is -2.30. The molecule has 4 atom stereocenters. The summed E-state index contributed by atoms with van der Waals surface area (Å²) in [4.78, 5) is 10.6. The molecule has 0 saturated carbocycles. The Balaban J connectivity index is 1.98. The van der Waals surface area contributed by atoms with E-state index in [0.717, 1.165) is 0 Å². The summed E-state index contributed by atoms with van der Waals surface area (Å²) < 4.78 is 15.3. The fraction of sp³-hybridized carbons (Fsp3) is 0.875. The molecule has 5 heteroatoms. The van der Waals surface area contributed by atoms with Crippen LogP contribution in [0.2, 0.25) is 0 Å². The highest BCUT2D eigenvalue weighted by Gasteiger charge is 2.48. The molecule has 2 aliphatic rings. The molecule has 0 aromatic heterocycles. The Morgan fingerprint density at radius 2 is 2.23 bits per heavy atom. The van der Waals surface area contributed by atoms with Gasteiger partial charge in [0.1, 0.15) is 6.10 Å². The van der Waals surface area contributed by atoms with E-state index >= 15 is 0 Å². The third kappa shape index (κ3) is 1.54. The molecule has 13 heavy (non-hydrogen) atoms. The van der Waals surface area contributed by atoms with Crippen LogP contribution in [0.1, 0.15) is 6.92 Å². The van der Waals surface area contributed by atoms with E-state index in [1.807, 2.05) is 0 Å². The van der Waals surface area contributed by atoms with E-state index in [2.05, 4.69) is 0 Å². The first-order chi connectivity index (χ1) is 6.18. The number of fused-ring (bicyclic) bond motifs is 1. The van der Waals surface area contributed by atoms with Crippen molar-refractivity contribution in [2.24, 2.45) is 5.92 Å². The normalized spacial score (nSPS) is 43.2. The molecular weight excluding hydrogens is 176 g/mol. The van der Waals surface area contributed by atoms with E-state index < -0.39 is 18.4 Å². The quantitative estimate of drug-likeness (QED) is 0.550. The van der Waals surface area contributed by atoms with Crippen LogP contribution in [0.3, 0.4) is 0 Å². The highest BCUT2D eigenvalue weighted by molar-refractivity contribution is 5.66. The molecule has 0 aliphatic carbocycles. The molecule has 1 N–H and O–H groups in total. The van der Waals surface area contributed by atoms with Crippen LogP contribution in [-0.2, 0) is 19.0 Å². The minimum absolute atomic E-state index is 0.0515. The van der Waals surface area contributed by atoms with E-state index in [1.54, 1.807) is 0 Å². The van der Waals surface area contributed by atoms with Crippen molar-refractivity contribution < 1.29 is 24.1 Å². The SMILES string of the molecule is CC(=O)OC1OCC2C(O)COC12. The number of hydrogen-bond donors (Lipinski definition) is 1. The molecule has 5 nitrogen and oxygen atoms in total. The number of hydrogen-bond acceptors (Lipinski definition) is 5. The molecule has 0 bridgehead atoms. The fourth-order valence-corrected chi connectivity index (χ4v) is 1.73. The van der Waals surface area contributed by atoms with Gasteiger partial charge in [0.2, 0.25) is 6.29 Å². The number of aliphatic hydroxyl groups excluding tert-OH is 1. The molecule has 0 aromatic carbocycles. The first-order valence-corrected chi connectivity index (χ1v) is 4.27. The third-order valence-electron chi connectivity index (χ3n) is 2.38. The van der Waals surface area contributed by atoms with E-state index in [4.69, 9.17) is 14.2 Å². The average molecular weight is 188 g/mol. The third-order valence-corrected chi connectivity index (χ3v) is 2.38. The second-order valence-corrected chi connectivity index (χ2v) is 3.34. The molecule has 2 saturated heterocycles. The maximum absolute atomic E-state index is 10.6. The Kier molecular flexibility index (Phi) is 2.23. The average Bonchev–Trinajstić information content (AvgIpc) is 2.56. The second kappa shape index (κ2) is 3.25. The van der Waals surface area contributed by atoms with Gasteiger partial charge in [0.25, 0.3) is 0 Å². The van der Waals surface area contributed by atoms with Crippen molar-refractivity contribution in [3.63, 3.8) is 0 Å². The lowest BCUT2D eigenvalue weighted by atomic mass is 10.0. The van der Waals surface area contributed by atoms with Gasteiger partial charge < -0.3 is 19.3 Å². The van der Waals surface area contributed by atoms with Crippen molar-refractivity contribution in [1.29, 1.82) is 0 Å². The van der Waals surface area contributed by atoms with E-state index in [-0.39, 0.29) is 12.0 Å². The molecule has 2 fully saturated rings. The molecule has 4 unspecified atom stereocenters. The summed E-state index contributed by atoms with van der Waals surface area (Å²) in [5, 5.41) is 9.41. The zero-order chi connectivity index (χ0) is 9.42. The Labute approximate surface area is 75.6 Å². The number of ether oxygens (including phenoxy) is 3. The van der Waals surface area contributed by atoms with Crippen LogP contribution in [0.15, 0.2) is 0 Å². The highest BCUT2D eigenvalue weighted by atomic mass is 16.7. The van der Waals surface area contributed by atoms with Gasteiger partial charge in [0.05, 0.1) is 19.3 Å². The van der Waals surface area contributed by atoms with Gasteiger partial charge in [-0.3, -0.25) is 4.79 Å². The maximum Gasteiger partial charge on any atom is 0.305 e. The highest BCUT2D eigenvalue weighted by Crippen LogP contribution is 2.32. The minimum Gasteiger partial charge on any atom is -0.433 e. The van der Waals surface area contributed by atoms with Crippen molar-refractivity contribution >= 4 is 5.97 Å². The lowest BCUT2D eigenvalue weighted by molar-refractivity contribution is -0.183. The van der Waals surface area contributed by atoms with Gasteiger partial charge in [-0.25, -0.2) is 0 Å². The van der Waals surface area contributed by atoms with Gasteiger partial charge in [0.15, 0.2) is 0 Å². The number of carbonyl (C=O) groups excluding carboxylic acids is 1. The van der Waals surface area contributed by atoms with Crippen LogP contribution in [0, 0.1) is 5.92 Å². The predicted octanol–water partition coefficient (Wildman–Crippen LogP) is -0.718. The van der Waals surface area contributed by atoms with Crippen molar-refractivity contribution in [2.45, 2.75) is 25.4 Å². The van der Waals surface area contributed by atoms with E-state index in [1.165, 1.54) is 6.92 Å². The Hall–Kier alpha value is -0.650. The molecule has 74 valence electrons. The van der Waals surface area contributed by atoms with Gasteiger partial charge in [-0.2, -0.15) is 0 Å². The maximum atomic E-state index is 10.6. The summed E-state index contributed by atoms with van der Waals surface area (Å²) in [6, 6.07) is 0. The predicted molar refractivity (Wildman–Crippen MR) is 40.7 cm³/mol. The topological polar surface area (TPSA) is 65.0 Å². The number of rotatable bonds is 1. The fourth-order valence-electron chi connectivity index (χ4n) is 1.73. The molecule has 0 radical (unpaired) electrons. The van der Waals surface area contributed by atoms with Gasteiger partial charge >= 0.3 is 5.97 Å². The van der Waals surface area contributed by atoms with Gasteiger partial charge in [-0.05, 0) is 0 Å². The van der Waals surface area contributed by atoms with Crippen LogP contribution in [0.25, 0.3) is 0 Å². The first kappa shape index (κ1) is 8.93. The van der Waals surface area contributed by atoms with Gasteiger partial charge in [-0.15, -0.1) is 0 Å². The zero-order valence-corrected chi connectivity index (χ0v) is 7.30. The number of aliphatic hydroxyl groups is 1. The summed E-state index contributed by atoms with van der Waals surface area (Å²) >= 11 is 0. The van der Waals surface area contributed by atoms with Crippen LogP contribution in [0.5, 0.6) is 0 Å². The van der Waals surface area contributed by atoms with Crippen molar-refractivity contribution in [3.05, 3.63) is 0 Å². The van der Waals surface area contributed by atoms with Crippen LogP contribution in [-0.4, -0.2) is 42.8 Å². The smallest absolute Gasteiger partial charge is 0.305 e. The van der Waals surface area contributed by atoms with Crippen molar-refractivity contribution in [1.82, 2.24) is 0 Å². The molecule has 2 aliphatic heterocycles. The molecule has 2 rings (SSSR count). The van der Waals surface area contributed by atoms with E-state index in [0.29, 0.717) is 13.2 Å². The standard InChI is InChI=1S/C8H12O5/c1-4(9)13-8-7-5(2-12-8)6(10)3-11-7/h5-8,10H,2-3H2,1H3. The lowest BCUT2D eigenvalue weighted by Gasteiger charge is -2.15. The summed E-state index contributed by atoms with van der Waals surface area (Å²) in [7, 11) is 0. The minimum atomic E-state index is -0.639. The Morgan fingerprint density at radius 1 is 1.46 bits per heavy atom. The van der Waals surface area contributed by atoms with Crippen molar-refractivity contribution in [2.75, 3.05) is 13.2 Å². The molecule has 2 heterocycles. The summed E-state index contributed by atoms with van der Waals surface area (Å²) in [6.45, 7) is 2.02. The first-order valence-electron chi connectivity index (χ1n) is 4.27. The largest absolute Gasteiger partial charge is 0.433 e. The summed E-state index contributed by atoms with van der Waals surface area (Å²) in [6.07, 6.45) is -1.43. The monoisotopic (exact) mass is 188 g/mol. The Morgan fingerprint density at radius 3 is 2.92 bits per heavy atom. The molecule has 0 spiro atoms. The molecule has 0 aromatic rings. The van der Waals surface area contributed by atoms with Crippen LogP contribution < -0.4 is 0 Å². The summed E-state index contributed by atoms with van der Waals surface area (Å²) in [5.41, 5.74) is 0.